The lowest BCUT2D eigenvalue weighted by Gasteiger charge is -2.11. The molecular formula is C22H10N4. The summed E-state index contributed by atoms with van der Waals surface area (Å²) in [6, 6.07) is 24.3. The Morgan fingerprint density at radius 3 is 1.69 bits per heavy atom. The summed E-state index contributed by atoms with van der Waals surface area (Å²) in [6.45, 7) is 0. The zero-order chi connectivity index (χ0) is 17.7. The Labute approximate surface area is 148 Å². The quantitative estimate of drug-likeness (QED) is 0.301. The van der Waals surface area contributed by atoms with Crippen molar-refractivity contribution < 1.29 is 0 Å². The van der Waals surface area contributed by atoms with Crippen molar-refractivity contribution in [2.75, 3.05) is 0 Å². The molecule has 26 heavy (non-hydrogen) atoms. The highest BCUT2D eigenvalue weighted by Crippen LogP contribution is 2.35. The van der Waals surface area contributed by atoms with Crippen LogP contribution < -0.4 is 0 Å². The topological polar surface area (TPSA) is 73.4 Å². The summed E-state index contributed by atoms with van der Waals surface area (Å²) in [5, 5.41) is 24.9. The SMILES string of the molecule is N#Cc1nc2c3ccccc3c3cc4ccccc4cc3c2nc1C#N. The Morgan fingerprint density at radius 2 is 1.08 bits per heavy atom. The van der Waals surface area contributed by atoms with E-state index in [4.69, 9.17) is 0 Å². The van der Waals surface area contributed by atoms with Gasteiger partial charge in [-0.05, 0) is 33.7 Å². The molecule has 0 spiro atoms. The maximum atomic E-state index is 9.36. The van der Waals surface area contributed by atoms with Crippen molar-refractivity contribution in [2.45, 2.75) is 0 Å². The van der Waals surface area contributed by atoms with Crippen LogP contribution in [0.5, 0.6) is 0 Å². The summed E-state index contributed by atoms with van der Waals surface area (Å²) in [7, 11) is 0. The third-order valence-corrected chi connectivity index (χ3v) is 4.72. The minimum atomic E-state index is 0.0599. The molecule has 1 aromatic heterocycles. The van der Waals surface area contributed by atoms with Crippen molar-refractivity contribution in [1.82, 2.24) is 9.97 Å². The van der Waals surface area contributed by atoms with Gasteiger partial charge in [-0.25, -0.2) is 9.97 Å². The monoisotopic (exact) mass is 330 g/mol. The van der Waals surface area contributed by atoms with E-state index in [0.717, 1.165) is 32.3 Å². The van der Waals surface area contributed by atoms with Crippen molar-refractivity contribution in [3.05, 3.63) is 72.1 Å². The average Bonchev–Trinajstić information content (AvgIpc) is 2.71. The minimum Gasteiger partial charge on any atom is -0.232 e. The first-order valence-electron chi connectivity index (χ1n) is 8.15. The van der Waals surface area contributed by atoms with Gasteiger partial charge in [-0.2, -0.15) is 10.5 Å². The predicted octanol–water partition coefficient (Wildman–Crippen LogP) is 4.83. The number of benzene rings is 4. The fraction of sp³-hybridized carbons (Fsp3) is 0. The molecule has 4 aromatic carbocycles. The number of nitrogens with zero attached hydrogens (tertiary/aromatic N) is 4. The third-order valence-electron chi connectivity index (χ3n) is 4.72. The van der Waals surface area contributed by atoms with Gasteiger partial charge in [0.25, 0.3) is 0 Å². The zero-order valence-electron chi connectivity index (χ0n) is 13.6. The van der Waals surface area contributed by atoms with Gasteiger partial charge in [0.05, 0.1) is 11.0 Å². The van der Waals surface area contributed by atoms with Crippen molar-refractivity contribution in [2.24, 2.45) is 0 Å². The molecule has 0 N–H and O–H groups in total. The highest BCUT2D eigenvalue weighted by Gasteiger charge is 2.15. The van der Waals surface area contributed by atoms with Crippen LogP contribution in [0.3, 0.4) is 0 Å². The van der Waals surface area contributed by atoms with E-state index in [0.29, 0.717) is 11.0 Å². The molecule has 0 aliphatic rings. The van der Waals surface area contributed by atoms with Gasteiger partial charge in [-0.15, -0.1) is 0 Å². The largest absolute Gasteiger partial charge is 0.232 e. The Morgan fingerprint density at radius 1 is 0.577 bits per heavy atom. The van der Waals surface area contributed by atoms with Gasteiger partial charge in [-0.1, -0.05) is 48.5 Å². The number of fused-ring (bicyclic) bond motifs is 7. The maximum Gasteiger partial charge on any atom is 0.177 e. The summed E-state index contributed by atoms with van der Waals surface area (Å²) in [6.07, 6.45) is 0. The van der Waals surface area contributed by atoms with Crippen LogP contribution in [0.1, 0.15) is 11.4 Å². The van der Waals surface area contributed by atoms with Crippen molar-refractivity contribution in [3.8, 4) is 12.1 Å². The fourth-order valence-corrected chi connectivity index (χ4v) is 3.55. The van der Waals surface area contributed by atoms with Crippen LogP contribution in [-0.2, 0) is 0 Å². The summed E-state index contributed by atoms with van der Waals surface area (Å²) in [5.41, 5.74) is 1.42. The molecule has 4 nitrogen and oxygen atoms in total. The zero-order valence-corrected chi connectivity index (χ0v) is 13.6. The van der Waals surface area contributed by atoms with Gasteiger partial charge in [0.2, 0.25) is 0 Å². The van der Waals surface area contributed by atoms with Crippen LogP contribution in [0.25, 0.3) is 43.4 Å². The van der Waals surface area contributed by atoms with E-state index in [2.05, 4.69) is 40.3 Å². The molecule has 0 bridgehead atoms. The first-order valence-corrected chi connectivity index (χ1v) is 8.15. The van der Waals surface area contributed by atoms with Gasteiger partial charge in [-0.3, -0.25) is 0 Å². The lowest BCUT2D eigenvalue weighted by Crippen LogP contribution is -1.97. The van der Waals surface area contributed by atoms with Crippen molar-refractivity contribution >= 4 is 43.4 Å². The summed E-state index contributed by atoms with van der Waals surface area (Å²) < 4.78 is 0. The lowest BCUT2D eigenvalue weighted by atomic mass is 9.96. The van der Waals surface area contributed by atoms with Crippen LogP contribution in [-0.4, -0.2) is 9.97 Å². The molecule has 0 saturated heterocycles. The second-order valence-corrected chi connectivity index (χ2v) is 6.13. The average molecular weight is 330 g/mol. The second-order valence-electron chi connectivity index (χ2n) is 6.13. The van der Waals surface area contributed by atoms with E-state index in [1.54, 1.807) is 0 Å². The number of hydrogen-bond donors (Lipinski definition) is 0. The minimum absolute atomic E-state index is 0.0599. The molecule has 0 aliphatic heterocycles. The molecular weight excluding hydrogens is 320 g/mol. The molecule has 0 fully saturated rings. The molecule has 5 rings (SSSR count). The lowest BCUT2D eigenvalue weighted by molar-refractivity contribution is 1.21. The molecule has 5 aromatic rings. The Kier molecular flexibility index (Phi) is 2.89. The van der Waals surface area contributed by atoms with Gasteiger partial charge >= 0.3 is 0 Å². The number of rotatable bonds is 0. The molecule has 1 heterocycles. The summed E-state index contributed by atoms with van der Waals surface area (Å²) in [4.78, 5) is 8.98. The molecule has 0 aliphatic carbocycles. The van der Waals surface area contributed by atoms with E-state index in [9.17, 15) is 10.5 Å². The van der Waals surface area contributed by atoms with Gasteiger partial charge < -0.3 is 0 Å². The molecule has 0 radical (unpaired) electrons. The van der Waals surface area contributed by atoms with E-state index >= 15 is 0 Å². The van der Waals surface area contributed by atoms with E-state index in [1.165, 1.54) is 0 Å². The van der Waals surface area contributed by atoms with E-state index in [-0.39, 0.29) is 11.4 Å². The predicted molar refractivity (Wildman–Crippen MR) is 101 cm³/mol. The van der Waals surface area contributed by atoms with Gasteiger partial charge in [0.1, 0.15) is 12.1 Å². The van der Waals surface area contributed by atoms with Crippen LogP contribution in [0, 0.1) is 22.7 Å². The van der Waals surface area contributed by atoms with Crippen molar-refractivity contribution in [1.29, 1.82) is 10.5 Å². The highest BCUT2D eigenvalue weighted by molar-refractivity contribution is 6.25. The number of nitriles is 2. The Bertz CT molecular complexity index is 1450. The molecule has 0 amide bonds. The van der Waals surface area contributed by atoms with Gasteiger partial charge in [0, 0.05) is 10.8 Å². The molecule has 4 heteroatoms. The first kappa shape index (κ1) is 14.3. The first-order chi connectivity index (χ1) is 12.8. The molecule has 0 saturated carbocycles. The van der Waals surface area contributed by atoms with E-state index < -0.39 is 0 Å². The number of hydrogen-bond acceptors (Lipinski definition) is 4. The second kappa shape index (κ2) is 5.24. The molecule has 0 unspecified atom stereocenters. The normalized spacial score (nSPS) is 11.0. The third kappa shape index (κ3) is 1.87. The van der Waals surface area contributed by atoms with Crippen molar-refractivity contribution in [3.63, 3.8) is 0 Å². The van der Waals surface area contributed by atoms with Gasteiger partial charge in [0.15, 0.2) is 11.4 Å². The highest BCUT2D eigenvalue weighted by atomic mass is 14.8. The Hall–Kier alpha value is -4.02. The standard InChI is InChI=1S/C22H10N4/c23-11-19-20(12-24)26-22-18-10-14-6-2-1-5-13(14)9-17(18)15-7-3-4-8-16(15)21(22)25-19/h1-10H. The van der Waals surface area contributed by atoms with Crippen LogP contribution in [0.4, 0.5) is 0 Å². The fourth-order valence-electron chi connectivity index (χ4n) is 3.55. The van der Waals surface area contributed by atoms with Crippen LogP contribution >= 0.6 is 0 Å². The summed E-state index contributed by atoms with van der Waals surface area (Å²) in [5.74, 6) is 0. The molecule has 0 atom stereocenters. The molecule has 118 valence electrons. The maximum absolute atomic E-state index is 9.36. The smallest absolute Gasteiger partial charge is 0.177 e. The van der Waals surface area contributed by atoms with E-state index in [1.807, 2.05) is 42.5 Å². The van der Waals surface area contributed by atoms with Crippen LogP contribution in [0.15, 0.2) is 60.7 Å². The van der Waals surface area contributed by atoms with Crippen LogP contribution in [0.2, 0.25) is 0 Å². The number of aromatic nitrogens is 2. The Balaban J connectivity index is 2.14. The summed E-state index contributed by atoms with van der Waals surface area (Å²) >= 11 is 0.